The molecule has 0 aromatic carbocycles. The van der Waals surface area contributed by atoms with Crippen LogP contribution in [0.2, 0.25) is 0 Å². The molecule has 0 amide bonds. The van der Waals surface area contributed by atoms with E-state index < -0.39 is 0 Å². The second-order valence-electron chi connectivity index (χ2n) is 6.55. The summed E-state index contributed by atoms with van der Waals surface area (Å²) in [5.74, 6) is 2.84. The molecule has 0 unspecified atom stereocenters. The third kappa shape index (κ3) is 10.7. The smallest absolute Gasteiger partial charge is 0.141 e. The van der Waals surface area contributed by atoms with E-state index in [1.807, 2.05) is 12.2 Å². The zero-order chi connectivity index (χ0) is 16.5. The van der Waals surface area contributed by atoms with Crippen LogP contribution < -0.4 is 0 Å². The van der Waals surface area contributed by atoms with Crippen LogP contribution in [0.25, 0.3) is 0 Å². The second kappa shape index (κ2) is 14.9. The van der Waals surface area contributed by atoms with Gasteiger partial charge in [0.2, 0.25) is 0 Å². The SMILES string of the molecule is C#CC[N+](CC=C)(CC=C)CCCCCCCCCCCC. The first-order chi connectivity index (χ1) is 10.7. The van der Waals surface area contributed by atoms with Crippen LogP contribution in [0.15, 0.2) is 25.3 Å². The fraction of sp³-hybridized carbons (Fsp3) is 0.714. The number of rotatable bonds is 16. The molecule has 0 heterocycles. The molecule has 0 aromatic heterocycles. The highest BCUT2D eigenvalue weighted by molar-refractivity contribution is 4.86. The largest absolute Gasteiger partial charge is 0.307 e. The van der Waals surface area contributed by atoms with E-state index in [1.54, 1.807) is 0 Å². The number of hydrogen-bond donors (Lipinski definition) is 0. The van der Waals surface area contributed by atoms with Gasteiger partial charge < -0.3 is 4.48 Å². The first-order valence-corrected chi connectivity index (χ1v) is 9.25. The average molecular weight is 305 g/mol. The van der Waals surface area contributed by atoms with Crippen LogP contribution in [0.3, 0.4) is 0 Å². The summed E-state index contributed by atoms with van der Waals surface area (Å²) in [6, 6.07) is 0. The molecule has 0 aliphatic rings. The zero-order valence-corrected chi connectivity index (χ0v) is 15.0. The summed E-state index contributed by atoms with van der Waals surface area (Å²) in [5, 5.41) is 0. The molecule has 0 spiro atoms. The van der Waals surface area contributed by atoms with Gasteiger partial charge in [0.05, 0.1) is 19.6 Å². The molecule has 0 bridgehead atoms. The Morgan fingerprint density at radius 2 is 1.27 bits per heavy atom. The topological polar surface area (TPSA) is 0 Å². The molecule has 126 valence electrons. The number of quaternary nitrogens is 1. The highest BCUT2D eigenvalue weighted by Crippen LogP contribution is 2.14. The maximum Gasteiger partial charge on any atom is 0.141 e. The van der Waals surface area contributed by atoms with Gasteiger partial charge in [-0.1, -0.05) is 71.4 Å². The summed E-state index contributed by atoms with van der Waals surface area (Å²) in [5.41, 5.74) is 0. The summed E-state index contributed by atoms with van der Waals surface area (Å²) in [6.45, 7) is 13.9. The first-order valence-electron chi connectivity index (χ1n) is 9.25. The molecule has 0 radical (unpaired) electrons. The van der Waals surface area contributed by atoms with E-state index in [-0.39, 0.29) is 0 Å². The molecule has 0 aliphatic carbocycles. The van der Waals surface area contributed by atoms with Crippen molar-refractivity contribution < 1.29 is 4.48 Å². The Hall–Kier alpha value is -1.00. The third-order valence-corrected chi connectivity index (χ3v) is 4.45. The lowest BCUT2D eigenvalue weighted by molar-refractivity contribution is -0.910. The minimum atomic E-state index is 0.787. The first kappa shape index (κ1) is 21.0. The Bertz CT molecular complexity index is 300. The van der Waals surface area contributed by atoms with Crippen molar-refractivity contribution in [2.45, 2.75) is 71.1 Å². The minimum Gasteiger partial charge on any atom is -0.307 e. The summed E-state index contributed by atoms with van der Waals surface area (Å²) < 4.78 is 0.931. The van der Waals surface area contributed by atoms with Gasteiger partial charge in [-0.3, -0.25) is 0 Å². The number of terminal acetylenes is 1. The highest BCUT2D eigenvalue weighted by atomic mass is 15.3. The van der Waals surface area contributed by atoms with Crippen molar-refractivity contribution in [3.63, 3.8) is 0 Å². The summed E-state index contributed by atoms with van der Waals surface area (Å²) >= 11 is 0. The predicted molar refractivity (Wildman–Crippen MR) is 101 cm³/mol. The van der Waals surface area contributed by atoms with Gasteiger partial charge in [0.1, 0.15) is 6.54 Å². The van der Waals surface area contributed by atoms with Crippen molar-refractivity contribution in [1.29, 1.82) is 0 Å². The number of hydrogen-bond acceptors (Lipinski definition) is 0. The molecule has 0 fully saturated rings. The lowest BCUT2D eigenvalue weighted by Crippen LogP contribution is -2.49. The van der Waals surface area contributed by atoms with E-state index in [1.165, 1.54) is 64.2 Å². The molecule has 0 N–H and O–H groups in total. The molecule has 0 aromatic rings. The van der Waals surface area contributed by atoms with Crippen molar-refractivity contribution >= 4 is 0 Å². The molecule has 0 aliphatic heterocycles. The lowest BCUT2D eigenvalue weighted by Gasteiger charge is -2.35. The lowest BCUT2D eigenvalue weighted by atomic mass is 10.1. The Labute approximate surface area is 140 Å². The van der Waals surface area contributed by atoms with Crippen LogP contribution in [-0.4, -0.2) is 30.7 Å². The fourth-order valence-electron chi connectivity index (χ4n) is 3.14. The van der Waals surface area contributed by atoms with Crippen LogP contribution in [-0.2, 0) is 0 Å². The van der Waals surface area contributed by atoms with Crippen LogP contribution in [0.5, 0.6) is 0 Å². The second-order valence-corrected chi connectivity index (χ2v) is 6.55. The molecular formula is C21H38N+. The Morgan fingerprint density at radius 3 is 1.68 bits per heavy atom. The van der Waals surface area contributed by atoms with Crippen LogP contribution in [0, 0.1) is 12.3 Å². The fourth-order valence-corrected chi connectivity index (χ4v) is 3.14. The normalized spacial score (nSPS) is 11.1. The minimum absolute atomic E-state index is 0.787. The van der Waals surface area contributed by atoms with Gasteiger partial charge in [-0.15, -0.1) is 6.42 Å². The van der Waals surface area contributed by atoms with Crippen LogP contribution >= 0.6 is 0 Å². The number of unbranched alkanes of at least 4 members (excludes halogenated alkanes) is 9. The van der Waals surface area contributed by atoms with E-state index in [9.17, 15) is 0 Å². The van der Waals surface area contributed by atoms with Gasteiger partial charge in [-0.25, -0.2) is 0 Å². The number of nitrogens with zero attached hydrogens (tertiary/aromatic N) is 1. The van der Waals surface area contributed by atoms with Crippen molar-refractivity contribution in [2.75, 3.05) is 26.2 Å². The van der Waals surface area contributed by atoms with E-state index in [0.29, 0.717) is 0 Å². The van der Waals surface area contributed by atoms with E-state index in [2.05, 4.69) is 26.0 Å². The Kier molecular flexibility index (Phi) is 14.2. The van der Waals surface area contributed by atoms with Gasteiger partial charge in [0.25, 0.3) is 0 Å². The molecule has 0 atom stereocenters. The molecule has 1 heteroatoms. The van der Waals surface area contributed by atoms with E-state index in [4.69, 9.17) is 6.42 Å². The predicted octanol–water partition coefficient (Wildman–Crippen LogP) is 5.73. The van der Waals surface area contributed by atoms with Crippen molar-refractivity contribution in [1.82, 2.24) is 0 Å². The molecular weight excluding hydrogens is 266 g/mol. The van der Waals surface area contributed by atoms with Crippen molar-refractivity contribution in [2.24, 2.45) is 0 Å². The molecule has 22 heavy (non-hydrogen) atoms. The van der Waals surface area contributed by atoms with Gasteiger partial charge in [-0.2, -0.15) is 0 Å². The van der Waals surface area contributed by atoms with E-state index in [0.717, 1.165) is 30.7 Å². The Balaban J connectivity index is 3.78. The highest BCUT2D eigenvalue weighted by Gasteiger charge is 2.22. The Morgan fingerprint density at radius 1 is 0.818 bits per heavy atom. The quantitative estimate of drug-likeness (QED) is 0.148. The maximum absolute atomic E-state index is 5.56. The van der Waals surface area contributed by atoms with Gasteiger partial charge in [0, 0.05) is 0 Å². The van der Waals surface area contributed by atoms with Gasteiger partial charge in [-0.05, 0) is 30.9 Å². The summed E-state index contributed by atoms with van der Waals surface area (Å²) in [7, 11) is 0. The maximum atomic E-state index is 5.56. The van der Waals surface area contributed by atoms with E-state index >= 15 is 0 Å². The summed E-state index contributed by atoms with van der Waals surface area (Å²) in [4.78, 5) is 0. The average Bonchev–Trinajstić information content (AvgIpc) is 2.50. The third-order valence-electron chi connectivity index (χ3n) is 4.45. The van der Waals surface area contributed by atoms with Gasteiger partial charge in [0.15, 0.2) is 0 Å². The summed E-state index contributed by atoms with van der Waals surface area (Å²) in [6.07, 6.45) is 23.3. The van der Waals surface area contributed by atoms with Crippen molar-refractivity contribution in [3.8, 4) is 12.3 Å². The van der Waals surface area contributed by atoms with Crippen molar-refractivity contribution in [3.05, 3.63) is 25.3 Å². The molecule has 1 nitrogen and oxygen atoms in total. The standard InChI is InChI=1S/C21H38N/c1-5-9-10-11-12-13-14-15-16-17-21-22(18-6-2,19-7-3)20-8-4/h2,7-8H,3-5,9-21H2,1H3/q+1. The molecule has 0 rings (SSSR count). The van der Waals surface area contributed by atoms with Crippen LogP contribution in [0.1, 0.15) is 71.1 Å². The van der Waals surface area contributed by atoms with Gasteiger partial charge >= 0.3 is 0 Å². The molecule has 0 saturated carbocycles. The monoisotopic (exact) mass is 304 g/mol. The zero-order valence-electron chi connectivity index (χ0n) is 15.0. The molecule has 0 saturated heterocycles. The van der Waals surface area contributed by atoms with Crippen LogP contribution in [0.4, 0.5) is 0 Å².